The van der Waals surface area contributed by atoms with E-state index in [1.165, 1.54) is 6.07 Å². The second-order valence-electron chi connectivity index (χ2n) is 8.94. The minimum Gasteiger partial charge on any atom is -0.508 e. The fourth-order valence-electron chi connectivity index (χ4n) is 4.40. The molecule has 0 saturated carbocycles. The Balaban J connectivity index is 1.45. The van der Waals surface area contributed by atoms with Gasteiger partial charge in [-0.25, -0.2) is 4.98 Å². The molecule has 4 aromatic rings. The van der Waals surface area contributed by atoms with Gasteiger partial charge in [0.25, 0.3) is 5.91 Å². The molecule has 0 unspecified atom stereocenters. The molecular formula is C26H27N9O2. The Morgan fingerprint density at radius 2 is 2.14 bits per heavy atom. The number of nitriles is 1. The molecule has 37 heavy (non-hydrogen) atoms. The number of hydrogen-bond acceptors (Lipinski definition) is 9. The van der Waals surface area contributed by atoms with Gasteiger partial charge in [-0.05, 0) is 11.5 Å². The number of phenols is 1. The Bertz CT molecular complexity index is 1480. The van der Waals surface area contributed by atoms with Gasteiger partial charge in [0.05, 0.1) is 24.4 Å². The van der Waals surface area contributed by atoms with E-state index in [0.717, 1.165) is 16.3 Å². The Morgan fingerprint density at radius 3 is 2.95 bits per heavy atom. The largest absolute Gasteiger partial charge is 0.508 e. The maximum atomic E-state index is 13.4. The molecule has 0 bridgehead atoms. The zero-order chi connectivity index (χ0) is 25.8. The molecule has 1 aliphatic rings. The van der Waals surface area contributed by atoms with Crippen LogP contribution in [-0.4, -0.2) is 56.4 Å². The van der Waals surface area contributed by atoms with Crippen molar-refractivity contribution in [2.75, 3.05) is 35.2 Å². The summed E-state index contributed by atoms with van der Waals surface area (Å²) >= 11 is 0. The van der Waals surface area contributed by atoms with Crippen LogP contribution < -0.4 is 20.9 Å². The van der Waals surface area contributed by atoms with Crippen LogP contribution >= 0.6 is 0 Å². The van der Waals surface area contributed by atoms with Crippen molar-refractivity contribution in [1.82, 2.24) is 25.1 Å². The second kappa shape index (κ2) is 10.5. The lowest BCUT2D eigenvalue weighted by Gasteiger charge is -2.33. The number of piperazine rings is 1. The molecule has 1 amide bonds. The van der Waals surface area contributed by atoms with Crippen molar-refractivity contribution in [3.63, 3.8) is 0 Å². The highest BCUT2D eigenvalue weighted by atomic mass is 16.3. The zero-order valence-electron chi connectivity index (χ0n) is 20.3. The number of anilines is 3. The molecule has 1 saturated heterocycles. The number of nitrogens with one attached hydrogen (secondary N) is 3. The van der Waals surface area contributed by atoms with Crippen molar-refractivity contribution in [3.05, 3.63) is 66.1 Å². The summed E-state index contributed by atoms with van der Waals surface area (Å²) in [5, 5.41) is 34.5. The summed E-state index contributed by atoms with van der Waals surface area (Å²) < 4.78 is 1.71. The van der Waals surface area contributed by atoms with Gasteiger partial charge in [0.1, 0.15) is 17.3 Å². The number of fused-ring (bicyclic) bond motifs is 1. The highest BCUT2D eigenvalue weighted by molar-refractivity contribution is 6.09. The normalized spacial score (nSPS) is 15.4. The molecule has 0 aliphatic carbocycles. The van der Waals surface area contributed by atoms with Crippen LogP contribution in [0.15, 0.2) is 54.9 Å². The topological polar surface area (TPSA) is 144 Å². The molecule has 1 aliphatic heterocycles. The third-order valence-electron chi connectivity index (χ3n) is 6.17. The summed E-state index contributed by atoms with van der Waals surface area (Å²) in [7, 11) is 1.84. The van der Waals surface area contributed by atoms with Gasteiger partial charge in [0, 0.05) is 68.5 Å². The highest BCUT2D eigenvalue weighted by Gasteiger charge is 2.23. The van der Waals surface area contributed by atoms with E-state index in [2.05, 4.69) is 42.0 Å². The van der Waals surface area contributed by atoms with Crippen molar-refractivity contribution < 1.29 is 9.90 Å². The third kappa shape index (κ3) is 5.60. The molecule has 188 valence electrons. The average molecular weight is 498 g/mol. The van der Waals surface area contributed by atoms with E-state index in [0.29, 0.717) is 50.1 Å². The van der Waals surface area contributed by atoms with Gasteiger partial charge in [-0.1, -0.05) is 24.3 Å². The quantitative estimate of drug-likeness (QED) is 0.303. The minimum absolute atomic E-state index is 0.0106. The maximum absolute atomic E-state index is 13.4. The minimum atomic E-state index is -0.424. The Hall–Kier alpha value is -4.69. The van der Waals surface area contributed by atoms with Crippen molar-refractivity contribution in [3.8, 4) is 11.8 Å². The number of aromatic nitrogens is 4. The monoisotopic (exact) mass is 497 g/mol. The number of aromatic hydroxyl groups is 1. The summed E-state index contributed by atoms with van der Waals surface area (Å²) in [5.74, 6) is 0.537. The molecule has 1 atom stereocenters. The molecule has 1 fully saturated rings. The number of benzene rings is 2. The SMILES string of the molecule is Cn1cc(CNc2nc(C(=O)Nc3cc(O)cc4ccccc34)cc(N3CCN[C@@H](CC#N)C3)n2)cn1. The van der Waals surface area contributed by atoms with Gasteiger partial charge in [0.15, 0.2) is 0 Å². The van der Waals surface area contributed by atoms with E-state index in [4.69, 9.17) is 5.26 Å². The Labute approximate surface area is 213 Å². The lowest BCUT2D eigenvalue weighted by Crippen LogP contribution is -2.51. The van der Waals surface area contributed by atoms with E-state index < -0.39 is 5.91 Å². The molecule has 11 nitrogen and oxygen atoms in total. The van der Waals surface area contributed by atoms with Gasteiger partial charge in [-0.3, -0.25) is 9.48 Å². The van der Waals surface area contributed by atoms with Crippen LogP contribution in [-0.2, 0) is 13.6 Å². The molecule has 11 heteroatoms. The first-order chi connectivity index (χ1) is 18.0. The van der Waals surface area contributed by atoms with E-state index in [1.807, 2.05) is 37.5 Å². The van der Waals surface area contributed by atoms with Crippen LogP contribution in [0.2, 0.25) is 0 Å². The van der Waals surface area contributed by atoms with Gasteiger partial charge in [-0.2, -0.15) is 15.3 Å². The molecule has 5 rings (SSSR count). The molecular weight excluding hydrogens is 470 g/mol. The zero-order valence-corrected chi connectivity index (χ0v) is 20.3. The number of carbonyl (C=O) groups is 1. The highest BCUT2D eigenvalue weighted by Crippen LogP contribution is 2.29. The Kier molecular flexibility index (Phi) is 6.83. The first-order valence-electron chi connectivity index (χ1n) is 12.0. The fraction of sp³-hybridized carbons (Fsp3) is 0.269. The average Bonchev–Trinajstić information content (AvgIpc) is 3.32. The van der Waals surface area contributed by atoms with Crippen molar-refractivity contribution in [2.45, 2.75) is 19.0 Å². The van der Waals surface area contributed by atoms with E-state index in [9.17, 15) is 9.90 Å². The first-order valence-corrected chi connectivity index (χ1v) is 12.0. The number of nitrogens with zero attached hydrogens (tertiary/aromatic N) is 6. The van der Waals surface area contributed by atoms with Crippen LogP contribution in [0.3, 0.4) is 0 Å². The van der Waals surface area contributed by atoms with Crippen LogP contribution in [0.4, 0.5) is 17.5 Å². The van der Waals surface area contributed by atoms with Crippen molar-refractivity contribution in [1.29, 1.82) is 5.26 Å². The lowest BCUT2D eigenvalue weighted by molar-refractivity contribution is 0.102. The number of amides is 1. The predicted octanol–water partition coefficient (Wildman–Crippen LogP) is 2.63. The summed E-state index contributed by atoms with van der Waals surface area (Å²) in [6.07, 6.45) is 4.02. The summed E-state index contributed by atoms with van der Waals surface area (Å²) in [5.41, 5.74) is 1.62. The van der Waals surface area contributed by atoms with Crippen molar-refractivity contribution >= 4 is 34.1 Å². The predicted molar refractivity (Wildman–Crippen MR) is 140 cm³/mol. The summed E-state index contributed by atoms with van der Waals surface area (Å²) in [6.45, 7) is 2.41. The number of phenolic OH excluding ortho intramolecular Hbond substituents is 1. The van der Waals surface area contributed by atoms with E-state index in [-0.39, 0.29) is 17.5 Å². The fourth-order valence-corrected chi connectivity index (χ4v) is 4.40. The molecule has 0 spiro atoms. The first kappa shape index (κ1) is 24.0. The van der Waals surface area contributed by atoms with Gasteiger partial charge >= 0.3 is 0 Å². The smallest absolute Gasteiger partial charge is 0.274 e. The summed E-state index contributed by atoms with van der Waals surface area (Å²) in [6, 6.07) is 14.5. The number of rotatable bonds is 7. The number of hydrogen-bond donors (Lipinski definition) is 4. The third-order valence-corrected chi connectivity index (χ3v) is 6.17. The molecule has 0 radical (unpaired) electrons. The van der Waals surface area contributed by atoms with Crippen LogP contribution in [0.1, 0.15) is 22.5 Å². The molecule has 3 heterocycles. The van der Waals surface area contributed by atoms with Crippen LogP contribution in [0.25, 0.3) is 10.8 Å². The number of aryl methyl sites for hydroxylation is 1. The number of carbonyl (C=O) groups excluding carboxylic acids is 1. The standard InChI is InChI=1S/C26H27N9O2/c1-34-15-17(14-30-34)13-29-26-32-23(12-24(33-26)35-9-8-28-19(16-35)6-7-27)25(37)31-22-11-20(36)10-18-4-2-3-5-21(18)22/h2-5,10-12,14-15,19,28,36H,6,8-9,13,16H2,1H3,(H,31,37)(H,29,32,33)/t19-/m0/s1. The lowest BCUT2D eigenvalue weighted by atomic mass is 10.1. The molecule has 2 aromatic heterocycles. The maximum Gasteiger partial charge on any atom is 0.274 e. The van der Waals surface area contributed by atoms with Crippen LogP contribution in [0.5, 0.6) is 5.75 Å². The van der Waals surface area contributed by atoms with Gasteiger partial charge < -0.3 is 26.0 Å². The Morgan fingerprint density at radius 1 is 1.27 bits per heavy atom. The van der Waals surface area contributed by atoms with E-state index >= 15 is 0 Å². The van der Waals surface area contributed by atoms with Crippen molar-refractivity contribution in [2.24, 2.45) is 7.05 Å². The molecule has 2 aromatic carbocycles. The van der Waals surface area contributed by atoms with Gasteiger partial charge in [-0.15, -0.1) is 0 Å². The van der Waals surface area contributed by atoms with E-state index in [1.54, 1.807) is 23.0 Å². The summed E-state index contributed by atoms with van der Waals surface area (Å²) in [4.78, 5) is 24.6. The second-order valence-corrected chi connectivity index (χ2v) is 8.94. The molecule has 4 N–H and O–H groups in total. The van der Waals surface area contributed by atoms with Gasteiger partial charge in [0.2, 0.25) is 5.95 Å². The van der Waals surface area contributed by atoms with Crippen LogP contribution in [0, 0.1) is 11.3 Å².